The van der Waals surface area contributed by atoms with Crippen LogP contribution in [0, 0.1) is 20.8 Å². The van der Waals surface area contributed by atoms with E-state index in [1.54, 1.807) is 11.3 Å². The van der Waals surface area contributed by atoms with E-state index in [0.717, 1.165) is 23.5 Å². The summed E-state index contributed by atoms with van der Waals surface area (Å²) in [6.45, 7) is 9.63. The highest BCUT2D eigenvalue weighted by Gasteiger charge is 2.03. The molecule has 0 N–H and O–H groups in total. The third-order valence-corrected chi connectivity index (χ3v) is 4.07. The zero-order chi connectivity index (χ0) is 13.1. The average molecular weight is 260 g/mol. The number of benzene rings is 1. The van der Waals surface area contributed by atoms with E-state index in [0.29, 0.717) is 0 Å². The molecule has 0 fully saturated rings. The van der Waals surface area contributed by atoms with Crippen LogP contribution in [0.4, 0.5) is 5.69 Å². The molecule has 0 amide bonds. The van der Waals surface area contributed by atoms with Crippen LogP contribution in [-0.4, -0.2) is 4.57 Å². The molecule has 3 heteroatoms. The van der Waals surface area contributed by atoms with Crippen LogP contribution < -0.4 is 4.80 Å². The Balaban J connectivity index is 2.57. The van der Waals surface area contributed by atoms with Gasteiger partial charge in [0.15, 0.2) is 4.80 Å². The van der Waals surface area contributed by atoms with Crippen LogP contribution in [0.3, 0.4) is 0 Å². The molecule has 0 unspecified atom stereocenters. The molecule has 18 heavy (non-hydrogen) atoms. The summed E-state index contributed by atoms with van der Waals surface area (Å²) in [6, 6.07) is 6.33. The van der Waals surface area contributed by atoms with Crippen molar-refractivity contribution in [3.63, 3.8) is 0 Å². The summed E-state index contributed by atoms with van der Waals surface area (Å²) in [5.74, 6) is 0. The minimum atomic E-state index is 1.04. The van der Waals surface area contributed by atoms with Crippen molar-refractivity contribution in [2.24, 2.45) is 4.99 Å². The van der Waals surface area contributed by atoms with Crippen LogP contribution >= 0.6 is 11.3 Å². The number of rotatable bonds is 3. The van der Waals surface area contributed by atoms with Gasteiger partial charge in [-0.1, -0.05) is 25.1 Å². The molecular formula is C15H20N2S. The molecule has 0 atom stereocenters. The van der Waals surface area contributed by atoms with Gasteiger partial charge in [0.2, 0.25) is 0 Å². The summed E-state index contributed by atoms with van der Waals surface area (Å²) < 4.78 is 2.30. The zero-order valence-electron chi connectivity index (χ0n) is 11.5. The van der Waals surface area contributed by atoms with E-state index in [-0.39, 0.29) is 0 Å². The Morgan fingerprint density at radius 2 is 1.83 bits per heavy atom. The average Bonchev–Trinajstić information content (AvgIpc) is 2.67. The second kappa shape index (κ2) is 5.53. The summed E-state index contributed by atoms with van der Waals surface area (Å²) in [7, 11) is 0. The van der Waals surface area contributed by atoms with Crippen molar-refractivity contribution >= 4 is 17.0 Å². The second-order valence-corrected chi connectivity index (χ2v) is 5.50. The van der Waals surface area contributed by atoms with Crippen LogP contribution in [0.2, 0.25) is 0 Å². The van der Waals surface area contributed by atoms with Crippen molar-refractivity contribution in [3.05, 3.63) is 45.2 Å². The molecule has 0 bridgehead atoms. The van der Waals surface area contributed by atoms with Gasteiger partial charge in [-0.3, -0.25) is 0 Å². The summed E-state index contributed by atoms with van der Waals surface area (Å²) >= 11 is 1.72. The van der Waals surface area contributed by atoms with E-state index in [4.69, 9.17) is 4.99 Å². The van der Waals surface area contributed by atoms with Crippen molar-refractivity contribution < 1.29 is 0 Å². The molecule has 0 aliphatic heterocycles. The number of hydrogen-bond acceptors (Lipinski definition) is 2. The SMILES string of the molecule is CCCn1c(C)csc1=Nc1c(C)cccc1C. The van der Waals surface area contributed by atoms with Gasteiger partial charge >= 0.3 is 0 Å². The smallest absolute Gasteiger partial charge is 0.190 e. The van der Waals surface area contributed by atoms with Gasteiger partial charge in [0.25, 0.3) is 0 Å². The first-order valence-electron chi connectivity index (χ1n) is 6.39. The number of aromatic nitrogens is 1. The maximum absolute atomic E-state index is 4.86. The number of para-hydroxylation sites is 1. The van der Waals surface area contributed by atoms with Gasteiger partial charge in [0, 0.05) is 17.6 Å². The third-order valence-electron chi connectivity index (χ3n) is 3.09. The van der Waals surface area contributed by atoms with Crippen LogP contribution in [0.25, 0.3) is 0 Å². The lowest BCUT2D eigenvalue weighted by molar-refractivity contribution is 0.644. The molecular weight excluding hydrogens is 240 g/mol. The number of aryl methyl sites for hydroxylation is 3. The predicted octanol–water partition coefficient (Wildman–Crippen LogP) is 4.12. The third kappa shape index (κ3) is 2.56. The Hall–Kier alpha value is -1.35. The largest absolute Gasteiger partial charge is 0.321 e. The highest BCUT2D eigenvalue weighted by atomic mass is 32.1. The molecule has 0 saturated carbocycles. The fourth-order valence-corrected chi connectivity index (χ4v) is 2.99. The minimum absolute atomic E-state index is 1.04. The van der Waals surface area contributed by atoms with Crippen LogP contribution in [0.1, 0.15) is 30.2 Å². The second-order valence-electron chi connectivity index (χ2n) is 4.66. The molecule has 1 aromatic carbocycles. The molecule has 2 nitrogen and oxygen atoms in total. The minimum Gasteiger partial charge on any atom is -0.321 e. The summed E-state index contributed by atoms with van der Waals surface area (Å²) in [6.07, 6.45) is 1.14. The number of hydrogen-bond donors (Lipinski definition) is 0. The van der Waals surface area contributed by atoms with E-state index < -0.39 is 0 Å². The van der Waals surface area contributed by atoms with Gasteiger partial charge < -0.3 is 4.57 Å². The van der Waals surface area contributed by atoms with Crippen LogP contribution in [0.5, 0.6) is 0 Å². The van der Waals surface area contributed by atoms with Crippen molar-refractivity contribution in [1.29, 1.82) is 0 Å². The van der Waals surface area contributed by atoms with Gasteiger partial charge in [0.05, 0.1) is 5.69 Å². The predicted molar refractivity (Wildman–Crippen MR) is 78.5 cm³/mol. The Morgan fingerprint density at radius 1 is 1.17 bits per heavy atom. The first kappa shape index (κ1) is 13.1. The van der Waals surface area contributed by atoms with Gasteiger partial charge in [-0.15, -0.1) is 11.3 Å². The van der Waals surface area contributed by atoms with E-state index in [1.807, 2.05) is 0 Å². The monoisotopic (exact) mass is 260 g/mol. The molecule has 1 aromatic heterocycles. The van der Waals surface area contributed by atoms with Crippen molar-refractivity contribution in [2.75, 3.05) is 0 Å². The topological polar surface area (TPSA) is 17.3 Å². The number of nitrogens with zero attached hydrogens (tertiary/aromatic N) is 2. The number of thiazole rings is 1. The normalized spacial score (nSPS) is 12.1. The Morgan fingerprint density at radius 3 is 2.44 bits per heavy atom. The lowest BCUT2D eigenvalue weighted by Crippen LogP contribution is -2.15. The fraction of sp³-hybridized carbons (Fsp3) is 0.400. The summed E-state index contributed by atoms with van der Waals surface area (Å²) in [4.78, 5) is 5.96. The molecule has 0 aliphatic carbocycles. The first-order chi connectivity index (χ1) is 8.63. The highest BCUT2D eigenvalue weighted by molar-refractivity contribution is 7.07. The van der Waals surface area contributed by atoms with E-state index in [9.17, 15) is 0 Å². The van der Waals surface area contributed by atoms with E-state index in [1.165, 1.54) is 16.8 Å². The molecule has 0 saturated heterocycles. The lowest BCUT2D eigenvalue weighted by atomic mass is 10.1. The van der Waals surface area contributed by atoms with E-state index in [2.05, 4.69) is 55.8 Å². The molecule has 0 aliphatic rings. The first-order valence-corrected chi connectivity index (χ1v) is 7.27. The van der Waals surface area contributed by atoms with Gasteiger partial charge in [-0.2, -0.15) is 0 Å². The molecule has 0 spiro atoms. The fourth-order valence-electron chi connectivity index (χ4n) is 2.08. The zero-order valence-corrected chi connectivity index (χ0v) is 12.3. The maximum atomic E-state index is 4.86. The Kier molecular flexibility index (Phi) is 4.02. The van der Waals surface area contributed by atoms with Gasteiger partial charge in [-0.05, 0) is 38.3 Å². The van der Waals surface area contributed by atoms with Crippen molar-refractivity contribution in [1.82, 2.24) is 4.57 Å². The maximum Gasteiger partial charge on any atom is 0.190 e. The molecule has 0 radical (unpaired) electrons. The molecule has 2 aromatic rings. The van der Waals surface area contributed by atoms with Gasteiger partial charge in [0.1, 0.15) is 0 Å². The van der Waals surface area contributed by atoms with E-state index >= 15 is 0 Å². The molecule has 1 heterocycles. The Labute approximate surface area is 113 Å². The summed E-state index contributed by atoms with van der Waals surface area (Å²) in [5, 5.41) is 2.18. The standard InChI is InChI=1S/C15H20N2S/c1-5-9-17-13(4)10-18-15(17)16-14-11(2)7-6-8-12(14)3/h6-8,10H,5,9H2,1-4H3. The van der Waals surface area contributed by atoms with Crippen LogP contribution in [-0.2, 0) is 6.54 Å². The Bertz CT molecular complexity index is 585. The summed E-state index contributed by atoms with van der Waals surface area (Å²) in [5.41, 5.74) is 4.89. The quantitative estimate of drug-likeness (QED) is 0.790. The molecule has 96 valence electrons. The lowest BCUT2D eigenvalue weighted by Gasteiger charge is -2.06. The highest BCUT2D eigenvalue weighted by Crippen LogP contribution is 2.22. The van der Waals surface area contributed by atoms with Crippen molar-refractivity contribution in [2.45, 2.75) is 40.7 Å². The molecule has 2 rings (SSSR count). The van der Waals surface area contributed by atoms with Crippen LogP contribution in [0.15, 0.2) is 28.6 Å². The van der Waals surface area contributed by atoms with Crippen molar-refractivity contribution in [3.8, 4) is 0 Å². The van der Waals surface area contributed by atoms with Gasteiger partial charge in [-0.25, -0.2) is 4.99 Å².